The highest BCUT2D eigenvalue weighted by molar-refractivity contribution is 4.86. The van der Waals surface area contributed by atoms with Crippen LogP contribution in [0.4, 0.5) is 0 Å². The lowest BCUT2D eigenvalue weighted by molar-refractivity contribution is 0.276. The molecule has 0 amide bonds. The molecule has 0 bridgehead atoms. The maximum absolute atomic E-state index is 8.48. The van der Waals surface area contributed by atoms with Crippen LogP contribution in [0.2, 0.25) is 0 Å². The number of hydrogen-bond donors (Lipinski definition) is 1. The van der Waals surface area contributed by atoms with E-state index >= 15 is 0 Å². The third kappa shape index (κ3) is 6.56. The smallest absolute Gasteiger partial charge is 0.0940 e. The van der Waals surface area contributed by atoms with Crippen LogP contribution in [0.1, 0.15) is 26.7 Å². The molecule has 0 aromatic rings. The molecule has 0 spiro atoms. The predicted molar refractivity (Wildman–Crippen MR) is 55.2 cm³/mol. The van der Waals surface area contributed by atoms with E-state index in [9.17, 15) is 0 Å². The molecule has 2 N–H and O–H groups in total. The van der Waals surface area contributed by atoms with Crippen LogP contribution in [-0.2, 0) is 0 Å². The van der Waals surface area contributed by atoms with Gasteiger partial charge in [0.05, 0.1) is 12.1 Å². The molecule has 0 aromatic heterocycles. The van der Waals surface area contributed by atoms with Gasteiger partial charge in [-0.15, -0.1) is 0 Å². The molecule has 2 atom stereocenters. The molecule has 0 aromatic carbocycles. The number of nitrogens with zero attached hydrogens (tertiary/aromatic N) is 2. The first-order chi connectivity index (χ1) is 6.10. The largest absolute Gasteiger partial charge is 0.316 e. The SMILES string of the molecule is CCC(C)CN(C)CCC(N)C#N. The predicted octanol–water partition coefficient (Wildman–Crippen LogP) is 1.21. The quantitative estimate of drug-likeness (QED) is 0.673. The summed E-state index contributed by atoms with van der Waals surface area (Å²) in [5.74, 6) is 0.725. The van der Waals surface area contributed by atoms with Gasteiger partial charge in [-0.05, 0) is 19.4 Å². The molecule has 0 radical (unpaired) electrons. The molecule has 0 rings (SSSR count). The van der Waals surface area contributed by atoms with Crippen molar-refractivity contribution in [1.29, 1.82) is 5.26 Å². The Labute approximate surface area is 81.5 Å². The van der Waals surface area contributed by atoms with E-state index in [0.29, 0.717) is 0 Å². The molecule has 0 saturated carbocycles. The second kappa shape index (κ2) is 6.88. The fourth-order valence-electron chi connectivity index (χ4n) is 1.18. The van der Waals surface area contributed by atoms with E-state index in [2.05, 4.69) is 25.8 Å². The molecule has 13 heavy (non-hydrogen) atoms. The Morgan fingerprint density at radius 3 is 2.62 bits per heavy atom. The highest BCUT2D eigenvalue weighted by Crippen LogP contribution is 2.03. The summed E-state index contributed by atoms with van der Waals surface area (Å²) < 4.78 is 0. The minimum atomic E-state index is -0.306. The van der Waals surface area contributed by atoms with E-state index in [1.165, 1.54) is 6.42 Å². The lowest BCUT2D eigenvalue weighted by Gasteiger charge is -2.20. The zero-order valence-corrected chi connectivity index (χ0v) is 8.95. The van der Waals surface area contributed by atoms with Gasteiger partial charge in [0.15, 0.2) is 0 Å². The van der Waals surface area contributed by atoms with E-state index in [1.54, 1.807) is 0 Å². The second-order valence-electron chi connectivity index (χ2n) is 3.80. The summed E-state index contributed by atoms with van der Waals surface area (Å²) in [6.07, 6.45) is 1.97. The maximum Gasteiger partial charge on any atom is 0.0940 e. The van der Waals surface area contributed by atoms with Gasteiger partial charge >= 0.3 is 0 Å². The summed E-state index contributed by atoms with van der Waals surface area (Å²) in [6.45, 7) is 6.44. The first kappa shape index (κ1) is 12.4. The minimum absolute atomic E-state index is 0.306. The fourth-order valence-corrected chi connectivity index (χ4v) is 1.18. The monoisotopic (exact) mass is 183 g/mol. The van der Waals surface area contributed by atoms with Gasteiger partial charge in [-0.3, -0.25) is 0 Å². The van der Waals surface area contributed by atoms with E-state index in [4.69, 9.17) is 11.0 Å². The first-order valence-corrected chi connectivity index (χ1v) is 4.93. The average molecular weight is 183 g/mol. The van der Waals surface area contributed by atoms with Gasteiger partial charge in [0.2, 0.25) is 0 Å². The lowest BCUT2D eigenvalue weighted by atomic mass is 10.1. The Hall–Kier alpha value is -0.590. The molecule has 0 fully saturated rings. The van der Waals surface area contributed by atoms with Gasteiger partial charge in [0.25, 0.3) is 0 Å². The van der Waals surface area contributed by atoms with Crippen LogP contribution in [0.3, 0.4) is 0 Å². The standard InChI is InChI=1S/C10H21N3/c1-4-9(2)8-13(3)6-5-10(12)7-11/h9-10H,4-6,8,12H2,1-3H3. The highest BCUT2D eigenvalue weighted by atomic mass is 15.1. The van der Waals surface area contributed by atoms with Crippen LogP contribution in [0.25, 0.3) is 0 Å². The third-order valence-corrected chi connectivity index (χ3v) is 2.31. The fraction of sp³-hybridized carbons (Fsp3) is 0.900. The van der Waals surface area contributed by atoms with E-state index in [-0.39, 0.29) is 6.04 Å². The Bertz CT molecular complexity index is 162. The van der Waals surface area contributed by atoms with Gasteiger partial charge in [-0.25, -0.2) is 0 Å². The van der Waals surface area contributed by atoms with Crippen molar-refractivity contribution in [2.45, 2.75) is 32.7 Å². The molecule has 0 aliphatic rings. The van der Waals surface area contributed by atoms with Crippen molar-refractivity contribution in [2.24, 2.45) is 11.7 Å². The van der Waals surface area contributed by atoms with Crippen molar-refractivity contribution in [3.63, 3.8) is 0 Å². The van der Waals surface area contributed by atoms with Crippen molar-refractivity contribution in [1.82, 2.24) is 4.90 Å². The number of rotatable bonds is 6. The van der Waals surface area contributed by atoms with E-state index < -0.39 is 0 Å². The summed E-state index contributed by atoms with van der Waals surface area (Å²) in [5, 5.41) is 8.48. The van der Waals surface area contributed by atoms with Crippen molar-refractivity contribution < 1.29 is 0 Å². The Balaban J connectivity index is 3.52. The van der Waals surface area contributed by atoms with Crippen LogP contribution in [-0.4, -0.2) is 31.1 Å². The molecule has 76 valence electrons. The molecule has 0 aliphatic carbocycles. The Morgan fingerprint density at radius 1 is 1.54 bits per heavy atom. The van der Waals surface area contributed by atoms with Crippen LogP contribution in [0.5, 0.6) is 0 Å². The number of nitrogens with two attached hydrogens (primary N) is 1. The van der Waals surface area contributed by atoms with Gasteiger partial charge < -0.3 is 10.6 Å². The zero-order valence-electron chi connectivity index (χ0n) is 8.95. The molecule has 3 heteroatoms. The second-order valence-corrected chi connectivity index (χ2v) is 3.80. The van der Waals surface area contributed by atoms with Gasteiger partial charge in [-0.1, -0.05) is 20.3 Å². The third-order valence-electron chi connectivity index (χ3n) is 2.31. The minimum Gasteiger partial charge on any atom is -0.316 e. The summed E-state index contributed by atoms with van der Waals surface area (Å²) >= 11 is 0. The topological polar surface area (TPSA) is 53.0 Å². The number of hydrogen-bond acceptors (Lipinski definition) is 3. The Morgan fingerprint density at radius 2 is 2.15 bits per heavy atom. The average Bonchev–Trinajstić information content (AvgIpc) is 2.13. The van der Waals surface area contributed by atoms with E-state index in [1.807, 2.05) is 6.07 Å². The molecule has 0 heterocycles. The van der Waals surface area contributed by atoms with Crippen molar-refractivity contribution >= 4 is 0 Å². The highest BCUT2D eigenvalue weighted by Gasteiger charge is 2.06. The lowest BCUT2D eigenvalue weighted by Crippen LogP contribution is -2.29. The Kier molecular flexibility index (Phi) is 6.56. The normalized spacial score (nSPS) is 15.4. The van der Waals surface area contributed by atoms with Crippen molar-refractivity contribution in [3.8, 4) is 6.07 Å². The van der Waals surface area contributed by atoms with Crippen LogP contribution >= 0.6 is 0 Å². The summed E-state index contributed by atoms with van der Waals surface area (Å²) in [4.78, 5) is 2.24. The zero-order chi connectivity index (χ0) is 10.3. The molecular weight excluding hydrogens is 162 g/mol. The summed E-state index contributed by atoms with van der Waals surface area (Å²) in [6, 6.07) is 1.73. The van der Waals surface area contributed by atoms with Gasteiger partial charge in [0.1, 0.15) is 0 Å². The summed E-state index contributed by atoms with van der Waals surface area (Å²) in [7, 11) is 2.08. The summed E-state index contributed by atoms with van der Waals surface area (Å²) in [5.41, 5.74) is 5.50. The number of nitriles is 1. The first-order valence-electron chi connectivity index (χ1n) is 4.93. The molecule has 3 nitrogen and oxygen atoms in total. The molecule has 0 aliphatic heterocycles. The van der Waals surface area contributed by atoms with Crippen molar-refractivity contribution in [3.05, 3.63) is 0 Å². The van der Waals surface area contributed by atoms with Crippen LogP contribution in [0, 0.1) is 17.2 Å². The molecule has 2 unspecified atom stereocenters. The van der Waals surface area contributed by atoms with Crippen LogP contribution < -0.4 is 5.73 Å². The van der Waals surface area contributed by atoms with Gasteiger partial charge in [0, 0.05) is 13.1 Å². The molecule has 0 saturated heterocycles. The van der Waals surface area contributed by atoms with E-state index in [0.717, 1.165) is 25.4 Å². The van der Waals surface area contributed by atoms with Crippen LogP contribution in [0.15, 0.2) is 0 Å². The van der Waals surface area contributed by atoms with Gasteiger partial charge in [-0.2, -0.15) is 5.26 Å². The molecular formula is C10H21N3. The maximum atomic E-state index is 8.48. The van der Waals surface area contributed by atoms with Crippen molar-refractivity contribution in [2.75, 3.05) is 20.1 Å².